The second kappa shape index (κ2) is 7.00. The largest absolute Gasteiger partial charge is 0.480 e. The first kappa shape index (κ1) is 15.9. The molecule has 116 valence electrons. The molecule has 1 heterocycles. The fourth-order valence-corrected chi connectivity index (χ4v) is 3.42. The molecule has 4 N–H and O–H groups in total. The maximum Gasteiger partial charge on any atom is 0.326 e. The van der Waals surface area contributed by atoms with Crippen molar-refractivity contribution in [3.05, 3.63) is 16.1 Å². The number of hydrogen-bond acceptors (Lipinski definition) is 5. The van der Waals surface area contributed by atoms with Gasteiger partial charge in [0.15, 0.2) is 0 Å². The molecule has 1 aromatic heterocycles. The van der Waals surface area contributed by atoms with E-state index in [1.165, 1.54) is 11.3 Å². The molecule has 0 spiro atoms. The van der Waals surface area contributed by atoms with Crippen molar-refractivity contribution in [1.82, 2.24) is 10.3 Å². The number of nitrogens with zero attached hydrogens (tertiary/aromatic N) is 1. The summed E-state index contributed by atoms with van der Waals surface area (Å²) in [5, 5.41) is 14.3. The number of aromatic nitrogens is 1. The SMILES string of the molecule is CC(N)c1nc(C(=O)NC(C(=O)O)C2CCCCC2)cs1. The smallest absolute Gasteiger partial charge is 0.326 e. The molecule has 7 heteroatoms. The number of carbonyl (C=O) groups is 2. The summed E-state index contributed by atoms with van der Waals surface area (Å²) in [4.78, 5) is 27.7. The lowest BCUT2D eigenvalue weighted by molar-refractivity contribution is -0.141. The standard InChI is InChI=1S/C14H21N3O3S/c1-8(15)13-16-10(7-21-13)12(18)17-11(14(19)20)9-5-3-2-4-6-9/h7-9,11H,2-6,15H2,1H3,(H,17,18)(H,19,20). The normalized spacial score (nSPS) is 19.0. The van der Waals surface area contributed by atoms with Gasteiger partial charge >= 0.3 is 5.97 Å². The molecule has 6 nitrogen and oxygen atoms in total. The van der Waals surface area contributed by atoms with Crippen LogP contribution in [0.3, 0.4) is 0 Å². The van der Waals surface area contributed by atoms with Crippen molar-refractivity contribution < 1.29 is 14.7 Å². The summed E-state index contributed by atoms with van der Waals surface area (Å²) < 4.78 is 0. The summed E-state index contributed by atoms with van der Waals surface area (Å²) in [5.41, 5.74) is 5.96. The van der Waals surface area contributed by atoms with Gasteiger partial charge in [0.25, 0.3) is 5.91 Å². The third-order valence-electron chi connectivity index (χ3n) is 3.82. The molecule has 21 heavy (non-hydrogen) atoms. The Balaban J connectivity index is 2.04. The third-order valence-corrected chi connectivity index (χ3v) is 4.86. The average molecular weight is 311 g/mol. The Morgan fingerprint density at radius 1 is 1.43 bits per heavy atom. The fraction of sp³-hybridized carbons (Fsp3) is 0.643. The number of aliphatic carboxylic acids is 1. The Bertz CT molecular complexity index is 509. The summed E-state index contributed by atoms with van der Waals surface area (Å²) in [6, 6.07) is -1.07. The molecular weight excluding hydrogens is 290 g/mol. The van der Waals surface area contributed by atoms with E-state index in [0.29, 0.717) is 5.01 Å². The molecule has 2 atom stereocenters. The van der Waals surface area contributed by atoms with E-state index < -0.39 is 17.9 Å². The number of thiazole rings is 1. The van der Waals surface area contributed by atoms with Crippen molar-refractivity contribution in [1.29, 1.82) is 0 Å². The second-order valence-corrected chi connectivity index (χ2v) is 6.44. The highest BCUT2D eigenvalue weighted by molar-refractivity contribution is 7.09. The van der Waals surface area contributed by atoms with Crippen molar-refractivity contribution in [2.24, 2.45) is 11.7 Å². The molecule has 1 amide bonds. The van der Waals surface area contributed by atoms with Crippen LogP contribution in [0, 0.1) is 5.92 Å². The van der Waals surface area contributed by atoms with E-state index >= 15 is 0 Å². The maximum absolute atomic E-state index is 12.2. The van der Waals surface area contributed by atoms with Crippen molar-refractivity contribution in [3.63, 3.8) is 0 Å². The lowest BCUT2D eigenvalue weighted by Gasteiger charge is -2.27. The zero-order valence-electron chi connectivity index (χ0n) is 12.0. The number of rotatable bonds is 5. The Morgan fingerprint density at radius 3 is 2.62 bits per heavy atom. The Hall–Kier alpha value is -1.47. The van der Waals surface area contributed by atoms with Gasteiger partial charge in [0.2, 0.25) is 0 Å². The minimum Gasteiger partial charge on any atom is -0.480 e. The van der Waals surface area contributed by atoms with E-state index in [-0.39, 0.29) is 17.7 Å². The molecule has 2 unspecified atom stereocenters. The zero-order valence-corrected chi connectivity index (χ0v) is 12.9. The van der Waals surface area contributed by atoms with Gasteiger partial charge in [-0.25, -0.2) is 9.78 Å². The predicted molar refractivity (Wildman–Crippen MR) is 80.2 cm³/mol. The van der Waals surface area contributed by atoms with Crippen molar-refractivity contribution in [2.75, 3.05) is 0 Å². The summed E-state index contributed by atoms with van der Waals surface area (Å²) in [5.74, 6) is -1.40. The molecular formula is C14H21N3O3S. The predicted octanol–water partition coefficient (Wildman–Crippen LogP) is 1.93. The van der Waals surface area contributed by atoms with Gasteiger partial charge in [-0.15, -0.1) is 11.3 Å². The zero-order chi connectivity index (χ0) is 15.4. The van der Waals surface area contributed by atoms with E-state index in [2.05, 4.69) is 10.3 Å². The quantitative estimate of drug-likeness (QED) is 0.770. The highest BCUT2D eigenvalue weighted by Gasteiger charge is 2.31. The van der Waals surface area contributed by atoms with Crippen LogP contribution in [0.4, 0.5) is 0 Å². The van der Waals surface area contributed by atoms with E-state index in [4.69, 9.17) is 5.73 Å². The summed E-state index contributed by atoms with van der Waals surface area (Å²) in [7, 11) is 0. The Labute approximate surface area is 127 Å². The van der Waals surface area contributed by atoms with Gasteiger partial charge in [0.1, 0.15) is 16.7 Å². The van der Waals surface area contributed by atoms with Crippen molar-refractivity contribution >= 4 is 23.2 Å². The lowest BCUT2D eigenvalue weighted by Crippen LogP contribution is -2.46. The number of hydrogen-bond donors (Lipinski definition) is 3. The molecule has 0 aromatic carbocycles. The first-order valence-electron chi connectivity index (χ1n) is 7.23. The molecule has 1 aromatic rings. The fourth-order valence-electron chi connectivity index (χ4n) is 2.66. The number of nitrogens with one attached hydrogen (secondary N) is 1. The van der Waals surface area contributed by atoms with Crippen LogP contribution in [0.5, 0.6) is 0 Å². The van der Waals surface area contributed by atoms with Crippen LogP contribution in [-0.4, -0.2) is 28.0 Å². The number of carboxylic acids is 1. The van der Waals surface area contributed by atoms with E-state index in [1.54, 1.807) is 12.3 Å². The monoisotopic (exact) mass is 311 g/mol. The minimum absolute atomic E-state index is 0.00624. The number of nitrogens with two attached hydrogens (primary N) is 1. The van der Waals surface area contributed by atoms with Gasteiger partial charge in [0.05, 0.1) is 6.04 Å². The molecule has 0 saturated heterocycles. The van der Waals surface area contributed by atoms with Crippen LogP contribution in [0.2, 0.25) is 0 Å². The first-order valence-corrected chi connectivity index (χ1v) is 8.11. The van der Waals surface area contributed by atoms with E-state index in [1.807, 2.05) is 0 Å². The first-order chi connectivity index (χ1) is 9.99. The van der Waals surface area contributed by atoms with Crippen LogP contribution in [-0.2, 0) is 4.79 Å². The average Bonchev–Trinajstić information content (AvgIpc) is 2.95. The molecule has 1 fully saturated rings. The summed E-state index contributed by atoms with van der Waals surface area (Å²) in [6.45, 7) is 1.79. The van der Waals surface area contributed by atoms with E-state index in [0.717, 1.165) is 32.1 Å². The molecule has 0 bridgehead atoms. The number of carbonyl (C=O) groups excluding carboxylic acids is 1. The Morgan fingerprint density at radius 2 is 2.10 bits per heavy atom. The van der Waals surface area contributed by atoms with Crippen molar-refractivity contribution in [3.8, 4) is 0 Å². The minimum atomic E-state index is -0.974. The van der Waals surface area contributed by atoms with Crippen LogP contribution in [0.25, 0.3) is 0 Å². The highest BCUT2D eigenvalue weighted by atomic mass is 32.1. The Kier molecular flexibility index (Phi) is 5.30. The molecule has 1 saturated carbocycles. The third kappa shape index (κ3) is 4.01. The summed E-state index contributed by atoms with van der Waals surface area (Å²) in [6.07, 6.45) is 4.88. The van der Waals surface area contributed by atoms with Crippen LogP contribution >= 0.6 is 11.3 Å². The van der Waals surface area contributed by atoms with Gasteiger partial charge in [-0.05, 0) is 25.7 Å². The molecule has 1 aliphatic carbocycles. The molecule has 2 rings (SSSR count). The topological polar surface area (TPSA) is 105 Å². The van der Waals surface area contributed by atoms with Gasteiger partial charge in [0, 0.05) is 5.38 Å². The van der Waals surface area contributed by atoms with E-state index in [9.17, 15) is 14.7 Å². The van der Waals surface area contributed by atoms with Gasteiger partial charge in [-0.1, -0.05) is 19.3 Å². The van der Waals surface area contributed by atoms with Crippen molar-refractivity contribution in [2.45, 2.75) is 51.1 Å². The number of amides is 1. The van der Waals surface area contributed by atoms with Gasteiger partial charge in [-0.3, -0.25) is 4.79 Å². The van der Waals surface area contributed by atoms with Gasteiger partial charge < -0.3 is 16.2 Å². The maximum atomic E-state index is 12.2. The molecule has 0 radical (unpaired) electrons. The second-order valence-electron chi connectivity index (χ2n) is 5.55. The number of carboxylic acid groups (broad SMARTS) is 1. The molecule has 0 aliphatic heterocycles. The highest BCUT2D eigenvalue weighted by Crippen LogP contribution is 2.27. The van der Waals surface area contributed by atoms with Crippen LogP contribution < -0.4 is 11.1 Å². The lowest BCUT2D eigenvalue weighted by atomic mass is 9.84. The van der Waals surface area contributed by atoms with Gasteiger partial charge in [-0.2, -0.15) is 0 Å². The van der Waals surface area contributed by atoms with Crippen LogP contribution in [0.1, 0.15) is 60.6 Å². The molecule has 1 aliphatic rings. The summed E-state index contributed by atoms with van der Waals surface area (Å²) >= 11 is 1.31. The van der Waals surface area contributed by atoms with Crippen LogP contribution in [0.15, 0.2) is 5.38 Å².